The summed E-state index contributed by atoms with van der Waals surface area (Å²) in [5.41, 5.74) is -0.0315. The summed E-state index contributed by atoms with van der Waals surface area (Å²) in [6.07, 6.45) is 0. The number of benzene rings is 2. The molecule has 0 aromatic heterocycles. The molecule has 0 aliphatic rings. The number of halogens is 3. The fourth-order valence-corrected chi connectivity index (χ4v) is 2.04. The van der Waals surface area contributed by atoms with Crippen LogP contribution in [0.15, 0.2) is 54.6 Å². The number of ether oxygens (including phenoxy) is 1. The minimum atomic E-state index is -2.99. The van der Waals surface area contributed by atoms with Crippen molar-refractivity contribution in [1.29, 1.82) is 0 Å². The Morgan fingerprint density at radius 2 is 1.56 bits per heavy atom. The Hall–Kier alpha value is -1.17. The van der Waals surface area contributed by atoms with E-state index in [1.54, 1.807) is 30.3 Å². The molecule has 0 radical (unpaired) electrons. The molecule has 2 rings (SSSR count). The van der Waals surface area contributed by atoms with Crippen molar-refractivity contribution < 1.29 is 13.5 Å². The number of rotatable bonds is 4. The Balaban J connectivity index is 2.08. The van der Waals surface area contributed by atoms with Crippen LogP contribution in [0, 0.1) is 3.57 Å². The molecule has 2 aromatic carbocycles. The molecule has 0 atom stereocenters. The number of alkyl halides is 2. The summed E-state index contributed by atoms with van der Waals surface area (Å²) >= 11 is 2.06. The fraction of sp³-hybridized carbons (Fsp3) is 0.143. The van der Waals surface area contributed by atoms with Crippen molar-refractivity contribution in [3.63, 3.8) is 0 Å². The predicted octanol–water partition coefficient (Wildman–Crippen LogP) is 4.46. The molecule has 0 aliphatic heterocycles. The van der Waals surface area contributed by atoms with E-state index in [0.717, 1.165) is 3.57 Å². The second-order valence-corrected chi connectivity index (χ2v) is 4.95. The first-order chi connectivity index (χ1) is 8.59. The van der Waals surface area contributed by atoms with E-state index in [9.17, 15) is 8.78 Å². The molecule has 0 saturated heterocycles. The average Bonchev–Trinajstić information content (AvgIpc) is 2.39. The van der Waals surface area contributed by atoms with Gasteiger partial charge in [0.25, 0.3) is 0 Å². The highest BCUT2D eigenvalue weighted by Gasteiger charge is 2.32. The molecule has 94 valence electrons. The Morgan fingerprint density at radius 1 is 0.944 bits per heavy atom. The van der Waals surface area contributed by atoms with Crippen molar-refractivity contribution in [3.05, 3.63) is 63.7 Å². The first kappa shape index (κ1) is 13.3. The van der Waals surface area contributed by atoms with Gasteiger partial charge in [-0.2, -0.15) is 8.78 Å². The maximum absolute atomic E-state index is 13.8. The quantitative estimate of drug-likeness (QED) is 0.732. The molecule has 1 nitrogen and oxygen atoms in total. The third-order valence-corrected chi connectivity index (χ3v) is 3.33. The summed E-state index contributed by atoms with van der Waals surface area (Å²) in [7, 11) is 0. The monoisotopic (exact) mass is 360 g/mol. The maximum atomic E-state index is 13.8. The van der Waals surface area contributed by atoms with Crippen LogP contribution in [0.5, 0.6) is 5.75 Å². The van der Waals surface area contributed by atoms with Gasteiger partial charge in [0, 0.05) is 5.56 Å². The van der Waals surface area contributed by atoms with Crippen molar-refractivity contribution in [2.45, 2.75) is 5.92 Å². The summed E-state index contributed by atoms with van der Waals surface area (Å²) in [6.45, 7) is -0.656. The van der Waals surface area contributed by atoms with E-state index in [1.807, 2.05) is 12.1 Å². The minimum Gasteiger partial charge on any atom is -0.486 e. The summed E-state index contributed by atoms with van der Waals surface area (Å²) in [4.78, 5) is 0. The number of para-hydroxylation sites is 1. The van der Waals surface area contributed by atoms with Gasteiger partial charge in [-0.1, -0.05) is 42.5 Å². The molecule has 0 fully saturated rings. The maximum Gasteiger partial charge on any atom is 0.306 e. The van der Waals surface area contributed by atoms with Crippen molar-refractivity contribution in [3.8, 4) is 5.75 Å². The zero-order valence-electron chi connectivity index (χ0n) is 9.45. The van der Waals surface area contributed by atoms with Crippen molar-refractivity contribution in [2.75, 3.05) is 6.61 Å². The van der Waals surface area contributed by atoms with E-state index in [1.165, 1.54) is 12.1 Å². The van der Waals surface area contributed by atoms with Crippen molar-refractivity contribution in [1.82, 2.24) is 0 Å². The lowest BCUT2D eigenvalue weighted by molar-refractivity contribution is -0.0469. The molecule has 0 bridgehead atoms. The average molecular weight is 360 g/mol. The Kier molecular flexibility index (Phi) is 4.16. The second kappa shape index (κ2) is 5.65. The van der Waals surface area contributed by atoms with Gasteiger partial charge in [-0.15, -0.1) is 0 Å². The Labute approximate surface area is 118 Å². The number of hydrogen-bond acceptors (Lipinski definition) is 1. The molecule has 0 heterocycles. The van der Waals surface area contributed by atoms with Crippen molar-refractivity contribution >= 4 is 22.6 Å². The van der Waals surface area contributed by atoms with E-state index in [4.69, 9.17) is 4.74 Å². The fourth-order valence-electron chi connectivity index (χ4n) is 1.50. The summed E-state index contributed by atoms with van der Waals surface area (Å²) in [6, 6.07) is 14.8. The van der Waals surface area contributed by atoms with Crippen molar-refractivity contribution in [2.24, 2.45) is 0 Å². The van der Waals surface area contributed by atoms with Crippen LogP contribution in [0.1, 0.15) is 5.56 Å². The molecule has 2 aromatic rings. The molecular formula is C14H11F2IO. The van der Waals surface area contributed by atoms with Crippen LogP contribution in [0.25, 0.3) is 0 Å². The number of hydrogen-bond donors (Lipinski definition) is 0. The highest BCUT2D eigenvalue weighted by atomic mass is 127. The first-order valence-corrected chi connectivity index (χ1v) is 6.48. The highest BCUT2D eigenvalue weighted by molar-refractivity contribution is 14.1. The van der Waals surface area contributed by atoms with Gasteiger partial charge in [-0.05, 0) is 34.7 Å². The van der Waals surface area contributed by atoms with Gasteiger partial charge in [-0.3, -0.25) is 0 Å². The molecule has 0 spiro atoms. The first-order valence-electron chi connectivity index (χ1n) is 5.40. The summed E-state index contributed by atoms with van der Waals surface area (Å²) in [5.74, 6) is -2.51. The van der Waals surface area contributed by atoms with Gasteiger partial charge < -0.3 is 4.74 Å². The SMILES string of the molecule is FC(F)(COc1ccccc1I)c1ccccc1. The molecule has 0 saturated carbocycles. The summed E-state index contributed by atoms with van der Waals surface area (Å²) < 4.78 is 33.7. The summed E-state index contributed by atoms with van der Waals surface area (Å²) in [5, 5.41) is 0. The van der Waals surface area contributed by atoms with Crippen LogP contribution in [0.4, 0.5) is 8.78 Å². The molecule has 0 amide bonds. The second-order valence-electron chi connectivity index (χ2n) is 3.79. The third-order valence-electron chi connectivity index (χ3n) is 2.44. The smallest absolute Gasteiger partial charge is 0.306 e. The normalized spacial score (nSPS) is 11.3. The van der Waals surface area contributed by atoms with Gasteiger partial charge in [0.05, 0.1) is 3.57 Å². The largest absolute Gasteiger partial charge is 0.486 e. The lowest BCUT2D eigenvalue weighted by Gasteiger charge is -2.18. The molecular weight excluding hydrogens is 349 g/mol. The van der Waals surface area contributed by atoms with Gasteiger partial charge >= 0.3 is 5.92 Å². The van der Waals surface area contributed by atoms with Crippen LogP contribution in [0.2, 0.25) is 0 Å². The van der Waals surface area contributed by atoms with E-state index in [0.29, 0.717) is 5.75 Å². The van der Waals surface area contributed by atoms with E-state index in [-0.39, 0.29) is 5.56 Å². The van der Waals surface area contributed by atoms with Gasteiger partial charge in [0.15, 0.2) is 6.61 Å². The van der Waals surface area contributed by atoms with Gasteiger partial charge in [-0.25, -0.2) is 0 Å². The van der Waals surface area contributed by atoms with Crippen LogP contribution >= 0.6 is 22.6 Å². The molecule has 0 N–H and O–H groups in total. The zero-order chi connectivity index (χ0) is 13.0. The lowest BCUT2D eigenvalue weighted by atomic mass is 10.1. The van der Waals surface area contributed by atoms with E-state index >= 15 is 0 Å². The van der Waals surface area contributed by atoms with Gasteiger partial charge in [0.2, 0.25) is 0 Å². The molecule has 18 heavy (non-hydrogen) atoms. The van der Waals surface area contributed by atoms with E-state index < -0.39 is 12.5 Å². The Bertz CT molecular complexity index is 514. The topological polar surface area (TPSA) is 9.23 Å². The van der Waals surface area contributed by atoms with E-state index in [2.05, 4.69) is 22.6 Å². The van der Waals surface area contributed by atoms with Crippen LogP contribution in [0.3, 0.4) is 0 Å². The third kappa shape index (κ3) is 3.19. The minimum absolute atomic E-state index is 0.0315. The zero-order valence-corrected chi connectivity index (χ0v) is 11.6. The highest BCUT2D eigenvalue weighted by Crippen LogP contribution is 2.29. The van der Waals surface area contributed by atoms with Crippen LogP contribution in [-0.4, -0.2) is 6.61 Å². The van der Waals surface area contributed by atoms with Gasteiger partial charge in [0.1, 0.15) is 5.75 Å². The molecule has 0 unspecified atom stereocenters. The van der Waals surface area contributed by atoms with Crippen LogP contribution < -0.4 is 4.74 Å². The molecule has 4 heteroatoms. The predicted molar refractivity (Wildman–Crippen MR) is 75.0 cm³/mol. The van der Waals surface area contributed by atoms with Crippen LogP contribution in [-0.2, 0) is 5.92 Å². The standard InChI is InChI=1S/C14H11F2IO/c15-14(16,11-6-2-1-3-7-11)10-18-13-9-5-4-8-12(13)17/h1-9H,10H2. The Morgan fingerprint density at radius 3 is 2.22 bits per heavy atom. The molecule has 0 aliphatic carbocycles. The lowest BCUT2D eigenvalue weighted by Crippen LogP contribution is -2.23.